The minimum atomic E-state index is 0.0604. The van der Waals surface area contributed by atoms with E-state index in [4.69, 9.17) is 26.1 Å². The average molecular weight is 506 g/mol. The first-order valence-corrected chi connectivity index (χ1v) is 13.5. The van der Waals surface area contributed by atoms with Crippen LogP contribution >= 0.6 is 11.6 Å². The number of fused-ring (bicyclic) bond motifs is 2. The molecule has 4 heterocycles. The van der Waals surface area contributed by atoms with Gasteiger partial charge >= 0.3 is 0 Å². The van der Waals surface area contributed by atoms with Crippen LogP contribution < -0.4 is 4.90 Å². The predicted octanol–water partition coefficient (Wildman–Crippen LogP) is 5.37. The fraction of sp³-hybridized carbons (Fsp3) is 0.483. The van der Waals surface area contributed by atoms with Gasteiger partial charge in [0.2, 0.25) is 11.8 Å². The Hall–Kier alpha value is -2.70. The van der Waals surface area contributed by atoms with E-state index in [-0.39, 0.29) is 11.8 Å². The molecule has 1 aliphatic carbocycles. The van der Waals surface area contributed by atoms with Crippen molar-refractivity contribution in [3.05, 3.63) is 70.1 Å². The third-order valence-corrected chi connectivity index (χ3v) is 8.07. The zero-order valence-corrected chi connectivity index (χ0v) is 21.3. The molecule has 36 heavy (non-hydrogen) atoms. The number of pyridine rings is 1. The first-order chi connectivity index (χ1) is 17.7. The van der Waals surface area contributed by atoms with Crippen LogP contribution in [-0.4, -0.2) is 43.2 Å². The lowest BCUT2D eigenvalue weighted by Gasteiger charge is -2.34. The number of anilines is 1. The molecule has 6 rings (SSSR count). The highest BCUT2D eigenvalue weighted by Gasteiger charge is 2.42. The van der Waals surface area contributed by atoms with Crippen LogP contribution in [0.15, 0.2) is 53.4 Å². The normalized spacial score (nSPS) is 23.8. The van der Waals surface area contributed by atoms with Crippen LogP contribution in [0.25, 0.3) is 0 Å². The highest BCUT2D eigenvalue weighted by Crippen LogP contribution is 2.43. The SMILES string of the molecule is O=C1C(C2CC2)Cc2ccncc2N1CC1=CCCc2cc(Cl)ccc2C(OCCC2CCOC2)=N1. The van der Waals surface area contributed by atoms with Crippen LogP contribution in [0, 0.1) is 17.8 Å². The number of benzene rings is 1. The van der Waals surface area contributed by atoms with E-state index >= 15 is 0 Å². The molecule has 1 saturated carbocycles. The molecular weight excluding hydrogens is 474 g/mol. The quantitative estimate of drug-likeness (QED) is 0.529. The minimum Gasteiger partial charge on any atom is -0.477 e. The van der Waals surface area contributed by atoms with Gasteiger partial charge in [0, 0.05) is 35.9 Å². The summed E-state index contributed by atoms with van der Waals surface area (Å²) in [6.45, 7) is 2.65. The summed E-state index contributed by atoms with van der Waals surface area (Å²) < 4.78 is 11.9. The lowest BCUT2D eigenvalue weighted by molar-refractivity contribution is -0.123. The fourth-order valence-corrected chi connectivity index (χ4v) is 5.81. The van der Waals surface area contributed by atoms with Gasteiger partial charge in [0.05, 0.1) is 30.7 Å². The molecule has 7 heteroatoms. The molecule has 2 unspecified atom stereocenters. The molecule has 1 aromatic carbocycles. The number of carbonyl (C=O) groups excluding carboxylic acids is 1. The summed E-state index contributed by atoms with van der Waals surface area (Å²) in [4.78, 5) is 24.9. The Morgan fingerprint density at radius 3 is 2.92 bits per heavy atom. The molecule has 6 nitrogen and oxygen atoms in total. The fourth-order valence-electron chi connectivity index (χ4n) is 5.62. The van der Waals surface area contributed by atoms with E-state index < -0.39 is 0 Å². The van der Waals surface area contributed by atoms with Gasteiger partial charge in [-0.05, 0) is 92.2 Å². The number of aliphatic imine (C=N–C) groups is 1. The number of hydrogen-bond acceptors (Lipinski definition) is 5. The molecule has 2 fully saturated rings. The van der Waals surface area contributed by atoms with Gasteiger partial charge < -0.3 is 14.4 Å². The Labute approximate surface area is 217 Å². The zero-order chi connectivity index (χ0) is 24.5. The van der Waals surface area contributed by atoms with Crippen LogP contribution in [0.4, 0.5) is 5.69 Å². The largest absolute Gasteiger partial charge is 0.477 e. The van der Waals surface area contributed by atoms with E-state index in [2.05, 4.69) is 17.1 Å². The number of aryl methyl sites for hydroxylation is 1. The number of allylic oxidation sites excluding steroid dienone is 1. The highest BCUT2D eigenvalue weighted by molar-refractivity contribution is 6.30. The Kier molecular flexibility index (Phi) is 6.81. The van der Waals surface area contributed by atoms with E-state index in [0.29, 0.717) is 30.9 Å². The predicted molar refractivity (Wildman–Crippen MR) is 140 cm³/mol. The molecule has 0 spiro atoms. The van der Waals surface area contributed by atoms with Crippen molar-refractivity contribution < 1.29 is 14.3 Å². The third kappa shape index (κ3) is 5.07. The molecule has 0 bridgehead atoms. The Bertz CT molecular complexity index is 1200. The first-order valence-electron chi connectivity index (χ1n) is 13.2. The maximum absolute atomic E-state index is 13.6. The van der Waals surface area contributed by atoms with E-state index in [1.165, 1.54) is 5.56 Å². The van der Waals surface area contributed by atoms with Crippen LogP contribution in [0.3, 0.4) is 0 Å². The van der Waals surface area contributed by atoms with Gasteiger partial charge in [0.25, 0.3) is 0 Å². The monoisotopic (exact) mass is 505 g/mol. The molecular formula is C29H32ClN3O3. The molecule has 4 aliphatic rings. The van der Waals surface area contributed by atoms with Gasteiger partial charge in [0.15, 0.2) is 0 Å². The van der Waals surface area contributed by atoms with Gasteiger partial charge in [0.1, 0.15) is 0 Å². The number of halogens is 1. The molecule has 188 valence electrons. The number of aromatic nitrogens is 1. The van der Waals surface area contributed by atoms with Gasteiger partial charge in [-0.3, -0.25) is 9.78 Å². The second kappa shape index (κ2) is 10.3. The number of hydrogen-bond donors (Lipinski definition) is 0. The number of amides is 1. The minimum absolute atomic E-state index is 0.0604. The summed E-state index contributed by atoms with van der Waals surface area (Å²) in [6, 6.07) is 7.97. The van der Waals surface area contributed by atoms with Crippen LogP contribution in [-0.2, 0) is 27.1 Å². The van der Waals surface area contributed by atoms with Gasteiger partial charge in [-0.25, -0.2) is 4.99 Å². The summed E-state index contributed by atoms with van der Waals surface area (Å²) in [7, 11) is 0. The maximum Gasteiger partial charge on any atom is 0.231 e. The summed E-state index contributed by atoms with van der Waals surface area (Å²) in [6.07, 6.45) is 12.6. The van der Waals surface area contributed by atoms with Crippen LogP contribution in [0.2, 0.25) is 5.02 Å². The first kappa shape index (κ1) is 23.7. The van der Waals surface area contributed by atoms with Crippen molar-refractivity contribution in [2.75, 3.05) is 31.3 Å². The molecule has 2 aromatic rings. The molecule has 1 saturated heterocycles. The van der Waals surface area contributed by atoms with E-state index in [1.54, 1.807) is 0 Å². The van der Waals surface area contributed by atoms with Crippen molar-refractivity contribution in [3.8, 4) is 0 Å². The standard InChI is InChI=1S/C29H32ClN3O3/c30-23-6-7-25-21(14-23)2-1-3-24(32-28(25)36-13-10-19-9-12-35-18-19)17-33-27-16-31-11-8-22(27)15-26(29(33)34)20-4-5-20/h3,6-8,11,14,16,19-20,26H,1-2,4-5,9-10,12-13,15,17-18H2. The smallest absolute Gasteiger partial charge is 0.231 e. The lowest BCUT2D eigenvalue weighted by Crippen LogP contribution is -2.43. The summed E-state index contributed by atoms with van der Waals surface area (Å²) in [5.74, 6) is 1.91. The molecule has 1 amide bonds. The number of carbonyl (C=O) groups is 1. The number of ether oxygens (including phenoxy) is 2. The number of rotatable bonds is 6. The summed E-state index contributed by atoms with van der Waals surface area (Å²) in [5, 5.41) is 0.718. The molecule has 1 aromatic heterocycles. The summed E-state index contributed by atoms with van der Waals surface area (Å²) >= 11 is 6.31. The van der Waals surface area contributed by atoms with Crippen molar-refractivity contribution in [2.45, 2.75) is 44.9 Å². The zero-order valence-electron chi connectivity index (χ0n) is 20.5. The molecule has 2 atom stereocenters. The maximum atomic E-state index is 13.6. The Balaban J connectivity index is 1.29. The second-order valence-corrected chi connectivity index (χ2v) is 10.8. The van der Waals surface area contributed by atoms with E-state index in [1.807, 2.05) is 35.5 Å². The number of nitrogens with zero attached hydrogens (tertiary/aromatic N) is 3. The molecule has 0 radical (unpaired) electrons. The second-order valence-electron chi connectivity index (χ2n) is 10.4. The van der Waals surface area contributed by atoms with Crippen molar-refractivity contribution >= 4 is 29.1 Å². The Morgan fingerprint density at radius 1 is 1.17 bits per heavy atom. The van der Waals surface area contributed by atoms with Crippen LogP contribution in [0.1, 0.15) is 48.8 Å². The van der Waals surface area contributed by atoms with Gasteiger partial charge in [-0.1, -0.05) is 17.7 Å². The van der Waals surface area contributed by atoms with Crippen molar-refractivity contribution in [3.63, 3.8) is 0 Å². The van der Waals surface area contributed by atoms with Crippen molar-refractivity contribution in [2.24, 2.45) is 22.7 Å². The average Bonchev–Trinajstić information content (AvgIpc) is 3.58. The van der Waals surface area contributed by atoms with E-state index in [0.717, 1.165) is 85.7 Å². The summed E-state index contributed by atoms with van der Waals surface area (Å²) in [5.41, 5.74) is 5.09. The van der Waals surface area contributed by atoms with Gasteiger partial charge in [-0.2, -0.15) is 0 Å². The third-order valence-electron chi connectivity index (χ3n) is 7.84. The lowest BCUT2D eigenvalue weighted by atomic mass is 9.88. The highest BCUT2D eigenvalue weighted by atomic mass is 35.5. The topological polar surface area (TPSA) is 64.0 Å². The van der Waals surface area contributed by atoms with Crippen molar-refractivity contribution in [1.29, 1.82) is 0 Å². The van der Waals surface area contributed by atoms with Gasteiger partial charge in [-0.15, -0.1) is 0 Å². The molecule has 3 aliphatic heterocycles. The van der Waals surface area contributed by atoms with E-state index in [9.17, 15) is 4.79 Å². The van der Waals surface area contributed by atoms with Crippen molar-refractivity contribution in [1.82, 2.24) is 4.98 Å². The molecule has 0 N–H and O–H groups in total. The van der Waals surface area contributed by atoms with Crippen LogP contribution in [0.5, 0.6) is 0 Å². The Morgan fingerprint density at radius 2 is 2.08 bits per heavy atom.